The number of fused-ring (bicyclic) bond motifs is 1. The van der Waals surface area contributed by atoms with Crippen molar-refractivity contribution in [2.45, 2.75) is 13.5 Å². The molecule has 0 spiro atoms. The quantitative estimate of drug-likeness (QED) is 0.846. The largest absolute Gasteiger partial charge is 0.326 e. The molecule has 2 rings (SSSR count). The third kappa shape index (κ3) is 1.42. The Kier molecular flexibility index (Phi) is 2.52. The third-order valence-electron chi connectivity index (χ3n) is 2.44. The maximum atomic E-state index is 5.63. The molecule has 0 radical (unpaired) electrons. The highest BCUT2D eigenvalue weighted by atomic mass is 79.9. The summed E-state index contributed by atoms with van der Waals surface area (Å²) in [7, 11) is 0. The SMILES string of the molecule is Cc1c(CN)cnc2c(Br)cccc12. The number of para-hydroxylation sites is 1. The summed E-state index contributed by atoms with van der Waals surface area (Å²) in [6.45, 7) is 2.62. The van der Waals surface area contributed by atoms with Crippen LogP contribution in [0.15, 0.2) is 28.9 Å². The Bertz CT molecular complexity index is 480. The van der Waals surface area contributed by atoms with Crippen molar-refractivity contribution in [3.05, 3.63) is 40.0 Å². The number of aromatic nitrogens is 1. The number of benzene rings is 1. The average molecular weight is 251 g/mol. The van der Waals surface area contributed by atoms with E-state index < -0.39 is 0 Å². The summed E-state index contributed by atoms with van der Waals surface area (Å²) >= 11 is 3.48. The molecule has 0 unspecified atom stereocenters. The third-order valence-corrected chi connectivity index (χ3v) is 3.08. The molecule has 0 aliphatic carbocycles. The van der Waals surface area contributed by atoms with Crippen LogP contribution in [0.3, 0.4) is 0 Å². The van der Waals surface area contributed by atoms with Crippen LogP contribution in [0.5, 0.6) is 0 Å². The second-order valence-electron chi connectivity index (χ2n) is 3.25. The first-order valence-electron chi connectivity index (χ1n) is 4.47. The van der Waals surface area contributed by atoms with E-state index in [0.717, 1.165) is 15.6 Å². The second kappa shape index (κ2) is 3.67. The minimum Gasteiger partial charge on any atom is -0.326 e. The van der Waals surface area contributed by atoms with Crippen molar-refractivity contribution in [2.75, 3.05) is 0 Å². The van der Waals surface area contributed by atoms with Gasteiger partial charge in [0.1, 0.15) is 0 Å². The lowest BCUT2D eigenvalue weighted by Gasteiger charge is -2.07. The molecule has 0 aliphatic rings. The van der Waals surface area contributed by atoms with Crippen molar-refractivity contribution in [1.82, 2.24) is 4.98 Å². The number of nitrogens with zero attached hydrogens (tertiary/aromatic N) is 1. The first-order chi connectivity index (χ1) is 6.74. The molecule has 0 saturated heterocycles. The van der Waals surface area contributed by atoms with Gasteiger partial charge < -0.3 is 5.73 Å². The Morgan fingerprint density at radius 2 is 2.21 bits per heavy atom. The first-order valence-corrected chi connectivity index (χ1v) is 5.26. The lowest BCUT2D eigenvalue weighted by molar-refractivity contribution is 1.04. The Morgan fingerprint density at radius 1 is 1.43 bits per heavy atom. The smallest absolute Gasteiger partial charge is 0.0846 e. The van der Waals surface area contributed by atoms with E-state index in [9.17, 15) is 0 Å². The van der Waals surface area contributed by atoms with Crippen molar-refractivity contribution in [1.29, 1.82) is 0 Å². The first kappa shape index (κ1) is 9.62. The fourth-order valence-corrected chi connectivity index (χ4v) is 2.04. The summed E-state index contributed by atoms with van der Waals surface area (Å²) in [6, 6.07) is 6.08. The van der Waals surface area contributed by atoms with Crippen LogP contribution in [0.25, 0.3) is 10.9 Å². The van der Waals surface area contributed by atoms with Crippen molar-refractivity contribution >= 4 is 26.8 Å². The van der Waals surface area contributed by atoms with Gasteiger partial charge in [0.05, 0.1) is 5.52 Å². The second-order valence-corrected chi connectivity index (χ2v) is 4.10. The van der Waals surface area contributed by atoms with Gasteiger partial charge in [0.15, 0.2) is 0 Å². The van der Waals surface area contributed by atoms with E-state index >= 15 is 0 Å². The zero-order valence-corrected chi connectivity index (χ0v) is 9.51. The van der Waals surface area contributed by atoms with Crippen LogP contribution in [-0.2, 0) is 6.54 Å². The van der Waals surface area contributed by atoms with E-state index in [2.05, 4.69) is 33.9 Å². The summed E-state index contributed by atoms with van der Waals surface area (Å²) in [5.41, 5.74) is 8.96. The number of aryl methyl sites for hydroxylation is 1. The summed E-state index contributed by atoms with van der Waals surface area (Å²) < 4.78 is 1.03. The minimum absolute atomic E-state index is 0.543. The van der Waals surface area contributed by atoms with Crippen molar-refractivity contribution in [2.24, 2.45) is 5.73 Å². The van der Waals surface area contributed by atoms with Crippen LogP contribution in [0.1, 0.15) is 11.1 Å². The predicted octanol–water partition coefficient (Wildman–Crippen LogP) is 2.76. The number of hydrogen-bond donors (Lipinski definition) is 1. The maximum absolute atomic E-state index is 5.63. The minimum atomic E-state index is 0.543. The van der Waals surface area contributed by atoms with E-state index in [1.165, 1.54) is 10.9 Å². The number of nitrogens with two attached hydrogens (primary N) is 1. The highest BCUT2D eigenvalue weighted by Gasteiger charge is 2.05. The van der Waals surface area contributed by atoms with Crippen LogP contribution in [0.2, 0.25) is 0 Å². The lowest BCUT2D eigenvalue weighted by Crippen LogP contribution is -2.00. The molecule has 2 N–H and O–H groups in total. The van der Waals surface area contributed by atoms with Gasteiger partial charge in [-0.2, -0.15) is 0 Å². The Balaban J connectivity index is 2.84. The molecule has 2 nitrogen and oxygen atoms in total. The molecule has 3 heteroatoms. The molecule has 0 saturated carbocycles. The fourth-order valence-electron chi connectivity index (χ4n) is 1.57. The molecule has 2 aromatic rings. The molecule has 0 amide bonds. The monoisotopic (exact) mass is 250 g/mol. The van der Waals surface area contributed by atoms with Crippen LogP contribution in [0.4, 0.5) is 0 Å². The normalized spacial score (nSPS) is 10.8. The highest BCUT2D eigenvalue weighted by molar-refractivity contribution is 9.10. The van der Waals surface area contributed by atoms with Gasteiger partial charge in [0, 0.05) is 22.6 Å². The van der Waals surface area contributed by atoms with Gasteiger partial charge in [0.2, 0.25) is 0 Å². The molecule has 1 aromatic carbocycles. The van der Waals surface area contributed by atoms with E-state index in [-0.39, 0.29) is 0 Å². The van der Waals surface area contributed by atoms with Gasteiger partial charge in [-0.3, -0.25) is 4.98 Å². The summed E-state index contributed by atoms with van der Waals surface area (Å²) in [5.74, 6) is 0. The van der Waals surface area contributed by atoms with E-state index in [1.807, 2.05) is 18.3 Å². The fraction of sp³-hybridized carbons (Fsp3) is 0.182. The van der Waals surface area contributed by atoms with Crippen LogP contribution in [-0.4, -0.2) is 4.98 Å². The van der Waals surface area contributed by atoms with Crippen molar-refractivity contribution in [3.63, 3.8) is 0 Å². The molecule has 0 bridgehead atoms. The van der Waals surface area contributed by atoms with Gasteiger partial charge in [-0.15, -0.1) is 0 Å². The van der Waals surface area contributed by atoms with Gasteiger partial charge in [0.25, 0.3) is 0 Å². The van der Waals surface area contributed by atoms with Crippen molar-refractivity contribution in [3.8, 4) is 0 Å². The Labute approximate surface area is 91.3 Å². The van der Waals surface area contributed by atoms with Crippen molar-refractivity contribution < 1.29 is 0 Å². The highest BCUT2D eigenvalue weighted by Crippen LogP contribution is 2.25. The topological polar surface area (TPSA) is 38.9 Å². The molecule has 0 atom stereocenters. The number of pyridine rings is 1. The van der Waals surface area contributed by atoms with Crippen LogP contribution < -0.4 is 5.73 Å². The number of halogens is 1. The van der Waals surface area contributed by atoms with Gasteiger partial charge in [-0.25, -0.2) is 0 Å². The molecular formula is C11H11BrN2. The van der Waals surface area contributed by atoms with E-state index in [0.29, 0.717) is 6.54 Å². The zero-order chi connectivity index (χ0) is 10.1. The maximum Gasteiger partial charge on any atom is 0.0846 e. The van der Waals surface area contributed by atoms with Gasteiger partial charge in [-0.1, -0.05) is 12.1 Å². The van der Waals surface area contributed by atoms with E-state index in [4.69, 9.17) is 5.73 Å². The lowest BCUT2D eigenvalue weighted by atomic mass is 10.1. The zero-order valence-electron chi connectivity index (χ0n) is 7.92. The molecule has 14 heavy (non-hydrogen) atoms. The molecule has 1 heterocycles. The Morgan fingerprint density at radius 3 is 2.93 bits per heavy atom. The molecular weight excluding hydrogens is 240 g/mol. The summed E-state index contributed by atoms with van der Waals surface area (Å²) in [5, 5.41) is 1.17. The van der Waals surface area contributed by atoms with E-state index in [1.54, 1.807) is 0 Å². The standard InChI is InChI=1S/C11H11BrN2/c1-7-8(5-13)6-14-11-9(7)3-2-4-10(11)12/h2-4,6H,5,13H2,1H3. The molecule has 72 valence electrons. The predicted molar refractivity (Wildman–Crippen MR) is 62.1 cm³/mol. The van der Waals surface area contributed by atoms with Gasteiger partial charge >= 0.3 is 0 Å². The average Bonchev–Trinajstić information content (AvgIpc) is 2.20. The summed E-state index contributed by atoms with van der Waals surface area (Å²) in [6.07, 6.45) is 1.85. The van der Waals surface area contributed by atoms with Crippen LogP contribution in [0, 0.1) is 6.92 Å². The summed E-state index contributed by atoms with van der Waals surface area (Å²) in [4.78, 5) is 4.39. The Hall–Kier alpha value is -0.930. The number of hydrogen-bond acceptors (Lipinski definition) is 2. The van der Waals surface area contributed by atoms with Crippen LogP contribution >= 0.6 is 15.9 Å². The molecule has 1 aromatic heterocycles. The molecule has 0 fully saturated rings. The number of rotatable bonds is 1. The molecule has 0 aliphatic heterocycles. The van der Waals surface area contributed by atoms with Gasteiger partial charge in [-0.05, 0) is 40.0 Å².